The Balaban J connectivity index is 1.70. The molecule has 1 saturated carbocycles. The van der Waals surface area contributed by atoms with Crippen LogP contribution in [-0.2, 0) is 9.53 Å². The van der Waals surface area contributed by atoms with Gasteiger partial charge in [0.05, 0.1) is 11.7 Å². The van der Waals surface area contributed by atoms with E-state index in [1.165, 1.54) is 25.7 Å². The summed E-state index contributed by atoms with van der Waals surface area (Å²) in [5, 5.41) is 9.52. The van der Waals surface area contributed by atoms with Gasteiger partial charge in [-0.2, -0.15) is 0 Å². The fraction of sp³-hybridized carbons (Fsp3) is 0.938. The largest absolute Gasteiger partial charge is 0.480 e. The summed E-state index contributed by atoms with van der Waals surface area (Å²) in [5.74, 6) is -0.0454. The lowest BCUT2D eigenvalue weighted by Crippen LogP contribution is -2.46. The third kappa shape index (κ3) is 2.73. The lowest BCUT2D eigenvalue weighted by molar-refractivity contribution is -0.143. The molecule has 114 valence electrons. The van der Waals surface area contributed by atoms with E-state index in [-0.39, 0.29) is 17.7 Å². The Bertz CT molecular complexity index is 382. The fourth-order valence-corrected chi connectivity index (χ4v) is 4.50. The first kappa shape index (κ1) is 14.3. The standard InChI is InChI=1S/C16H27NO3/c1-16(2)8-7-12(20-16)10-17-13-6-4-3-5-11(13)9-14(17)15(18)19/h11-14H,3-10H2,1-2H3,(H,18,19). The zero-order chi connectivity index (χ0) is 14.3. The van der Waals surface area contributed by atoms with E-state index in [0.29, 0.717) is 12.0 Å². The molecule has 0 aromatic heterocycles. The Labute approximate surface area is 121 Å². The number of carboxylic acids is 1. The number of carbonyl (C=O) groups is 1. The molecule has 2 aliphatic heterocycles. The Morgan fingerprint density at radius 2 is 2.05 bits per heavy atom. The van der Waals surface area contributed by atoms with E-state index in [0.717, 1.165) is 25.8 Å². The highest BCUT2D eigenvalue weighted by Crippen LogP contribution is 2.41. The minimum Gasteiger partial charge on any atom is -0.480 e. The highest BCUT2D eigenvalue weighted by Gasteiger charge is 2.46. The molecular weight excluding hydrogens is 254 g/mol. The number of nitrogens with zero attached hydrogens (tertiary/aromatic N) is 1. The van der Waals surface area contributed by atoms with Gasteiger partial charge in [-0.05, 0) is 51.9 Å². The molecule has 0 radical (unpaired) electrons. The van der Waals surface area contributed by atoms with Gasteiger partial charge in [-0.15, -0.1) is 0 Å². The molecule has 4 nitrogen and oxygen atoms in total. The van der Waals surface area contributed by atoms with Crippen LogP contribution in [0.3, 0.4) is 0 Å². The van der Waals surface area contributed by atoms with Crippen LogP contribution in [0.5, 0.6) is 0 Å². The van der Waals surface area contributed by atoms with Crippen molar-refractivity contribution in [3.05, 3.63) is 0 Å². The summed E-state index contributed by atoms with van der Waals surface area (Å²) in [5.41, 5.74) is -0.0327. The Morgan fingerprint density at radius 1 is 1.30 bits per heavy atom. The molecular formula is C16H27NO3. The highest BCUT2D eigenvalue weighted by molar-refractivity contribution is 5.74. The first-order valence-electron chi connectivity index (χ1n) is 8.13. The van der Waals surface area contributed by atoms with E-state index < -0.39 is 5.97 Å². The molecule has 3 rings (SSSR count). The molecule has 2 saturated heterocycles. The molecule has 2 heterocycles. The van der Waals surface area contributed by atoms with Crippen molar-refractivity contribution >= 4 is 5.97 Å². The van der Waals surface area contributed by atoms with Crippen LogP contribution in [-0.4, -0.2) is 46.3 Å². The van der Waals surface area contributed by atoms with Crippen LogP contribution in [0.4, 0.5) is 0 Å². The Hall–Kier alpha value is -0.610. The van der Waals surface area contributed by atoms with Crippen molar-refractivity contribution in [1.82, 2.24) is 4.90 Å². The zero-order valence-corrected chi connectivity index (χ0v) is 12.7. The molecule has 20 heavy (non-hydrogen) atoms. The van der Waals surface area contributed by atoms with Gasteiger partial charge in [0.2, 0.25) is 0 Å². The van der Waals surface area contributed by atoms with E-state index in [9.17, 15) is 9.90 Å². The van der Waals surface area contributed by atoms with Gasteiger partial charge in [0.1, 0.15) is 6.04 Å². The Morgan fingerprint density at radius 3 is 2.70 bits per heavy atom. The molecule has 4 heteroatoms. The number of fused-ring (bicyclic) bond motifs is 1. The van der Waals surface area contributed by atoms with Crippen molar-refractivity contribution in [3.8, 4) is 0 Å². The van der Waals surface area contributed by atoms with Gasteiger partial charge in [-0.1, -0.05) is 12.8 Å². The van der Waals surface area contributed by atoms with Gasteiger partial charge >= 0.3 is 5.97 Å². The van der Waals surface area contributed by atoms with Crippen LogP contribution in [0.2, 0.25) is 0 Å². The van der Waals surface area contributed by atoms with Crippen molar-refractivity contribution in [2.24, 2.45) is 5.92 Å². The molecule has 4 atom stereocenters. The number of rotatable bonds is 3. The first-order chi connectivity index (χ1) is 9.46. The number of hydrogen-bond acceptors (Lipinski definition) is 3. The fourth-order valence-electron chi connectivity index (χ4n) is 4.50. The molecule has 0 aromatic carbocycles. The van der Waals surface area contributed by atoms with E-state index in [1.54, 1.807) is 0 Å². The lowest BCUT2D eigenvalue weighted by atomic mass is 9.84. The molecule has 1 N–H and O–H groups in total. The maximum Gasteiger partial charge on any atom is 0.320 e. The zero-order valence-electron chi connectivity index (χ0n) is 12.7. The number of ether oxygens (including phenoxy) is 1. The molecule has 0 spiro atoms. The summed E-state index contributed by atoms with van der Waals surface area (Å²) in [7, 11) is 0. The number of carboxylic acid groups (broad SMARTS) is 1. The first-order valence-corrected chi connectivity index (χ1v) is 8.13. The van der Waals surface area contributed by atoms with E-state index in [2.05, 4.69) is 18.7 Å². The monoisotopic (exact) mass is 281 g/mol. The molecule has 0 amide bonds. The van der Waals surface area contributed by atoms with Crippen molar-refractivity contribution < 1.29 is 14.6 Å². The number of hydrogen-bond donors (Lipinski definition) is 1. The SMILES string of the molecule is CC1(C)CCC(CN2C(C(=O)O)CC3CCCCC32)O1. The van der Waals surface area contributed by atoms with Crippen molar-refractivity contribution in [1.29, 1.82) is 0 Å². The van der Waals surface area contributed by atoms with Gasteiger partial charge < -0.3 is 9.84 Å². The highest BCUT2D eigenvalue weighted by atomic mass is 16.5. The third-order valence-electron chi connectivity index (χ3n) is 5.47. The van der Waals surface area contributed by atoms with Crippen LogP contribution in [0, 0.1) is 5.92 Å². The molecule has 0 bridgehead atoms. The molecule has 4 unspecified atom stereocenters. The quantitative estimate of drug-likeness (QED) is 0.864. The van der Waals surface area contributed by atoms with Gasteiger partial charge in [-0.3, -0.25) is 9.69 Å². The summed E-state index contributed by atoms with van der Waals surface area (Å²) >= 11 is 0. The average Bonchev–Trinajstić information content (AvgIpc) is 2.91. The van der Waals surface area contributed by atoms with Gasteiger partial charge in [0, 0.05) is 12.6 Å². The molecule has 0 aromatic rings. The topological polar surface area (TPSA) is 49.8 Å². The van der Waals surface area contributed by atoms with Gasteiger partial charge in [0.15, 0.2) is 0 Å². The summed E-state index contributed by atoms with van der Waals surface area (Å²) in [6.07, 6.45) is 8.11. The van der Waals surface area contributed by atoms with Gasteiger partial charge in [0.25, 0.3) is 0 Å². The smallest absolute Gasteiger partial charge is 0.320 e. The third-order valence-corrected chi connectivity index (χ3v) is 5.47. The molecule has 1 aliphatic carbocycles. The maximum atomic E-state index is 11.6. The predicted molar refractivity (Wildman–Crippen MR) is 76.7 cm³/mol. The van der Waals surface area contributed by atoms with Crippen LogP contribution in [0.1, 0.15) is 58.8 Å². The van der Waals surface area contributed by atoms with Crippen LogP contribution in [0.25, 0.3) is 0 Å². The normalized spacial score (nSPS) is 40.7. The van der Waals surface area contributed by atoms with E-state index in [4.69, 9.17) is 4.74 Å². The number of likely N-dealkylation sites (tertiary alicyclic amines) is 1. The molecule has 3 fully saturated rings. The summed E-state index contributed by atoms with van der Waals surface area (Å²) in [6, 6.07) is 0.201. The minimum absolute atomic E-state index is 0.0327. The van der Waals surface area contributed by atoms with Gasteiger partial charge in [-0.25, -0.2) is 0 Å². The summed E-state index contributed by atoms with van der Waals surface area (Å²) in [6.45, 7) is 5.08. The number of aliphatic carboxylic acids is 1. The maximum absolute atomic E-state index is 11.6. The lowest BCUT2D eigenvalue weighted by Gasteiger charge is -2.34. The molecule has 3 aliphatic rings. The predicted octanol–water partition coefficient (Wildman–Crippen LogP) is 2.66. The van der Waals surface area contributed by atoms with Crippen LogP contribution in [0.15, 0.2) is 0 Å². The van der Waals surface area contributed by atoms with E-state index in [1.807, 2.05) is 0 Å². The van der Waals surface area contributed by atoms with E-state index >= 15 is 0 Å². The van der Waals surface area contributed by atoms with Crippen molar-refractivity contribution in [2.75, 3.05) is 6.54 Å². The Kier molecular flexibility index (Phi) is 3.80. The summed E-state index contributed by atoms with van der Waals surface area (Å²) in [4.78, 5) is 13.8. The van der Waals surface area contributed by atoms with Crippen molar-refractivity contribution in [3.63, 3.8) is 0 Å². The second-order valence-corrected chi connectivity index (χ2v) is 7.44. The average molecular weight is 281 g/mol. The van der Waals surface area contributed by atoms with Crippen LogP contribution < -0.4 is 0 Å². The minimum atomic E-state index is -0.642. The second kappa shape index (κ2) is 5.30. The van der Waals surface area contributed by atoms with Crippen molar-refractivity contribution in [2.45, 2.75) is 82.6 Å². The van der Waals surface area contributed by atoms with Crippen LogP contribution >= 0.6 is 0 Å². The second-order valence-electron chi connectivity index (χ2n) is 7.44. The summed E-state index contributed by atoms with van der Waals surface area (Å²) < 4.78 is 6.08.